The number of rotatable bonds is 4. The number of anilines is 1. The molecule has 4 aromatic rings. The first-order valence-electron chi connectivity index (χ1n) is 8.43. The van der Waals surface area contributed by atoms with Gasteiger partial charge in [-0.3, -0.25) is 9.59 Å². The van der Waals surface area contributed by atoms with E-state index in [2.05, 4.69) is 15.3 Å². The van der Waals surface area contributed by atoms with Crippen LogP contribution in [0.2, 0.25) is 0 Å². The first kappa shape index (κ1) is 16.1. The number of hydrogen-bond donors (Lipinski definition) is 2. The molecule has 0 saturated carbocycles. The van der Waals surface area contributed by atoms with Crippen molar-refractivity contribution >= 4 is 33.5 Å². The summed E-state index contributed by atoms with van der Waals surface area (Å²) in [4.78, 5) is 32.2. The number of hydrogen-bond acceptors (Lipinski definition) is 3. The quantitative estimate of drug-likeness (QED) is 0.596. The van der Waals surface area contributed by atoms with Gasteiger partial charge in [-0.15, -0.1) is 0 Å². The van der Waals surface area contributed by atoms with Gasteiger partial charge in [-0.1, -0.05) is 18.2 Å². The van der Waals surface area contributed by atoms with Gasteiger partial charge in [0.15, 0.2) is 0 Å². The van der Waals surface area contributed by atoms with Crippen LogP contribution in [0.1, 0.15) is 12.1 Å². The van der Waals surface area contributed by atoms with Crippen LogP contribution in [0.25, 0.3) is 21.9 Å². The third kappa shape index (κ3) is 2.97. The SMILES string of the molecule is Cn1c(=O)c(CCC(=O)Nc2ccc3cc[nH]c3c2)nc2ccccc21. The second-order valence-corrected chi connectivity index (χ2v) is 6.24. The number of fused-ring (bicyclic) bond motifs is 2. The van der Waals surface area contributed by atoms with E-state index in [-0.39, 0.29) is 17.9 Å². The van der Waals surface area contributed by atoms with Crippen molar-refractivity contribution < 1.29 is 4.79 Å². The predicted octanol–water partition coefficient (Wildman–Crippen LogP) is 2.99. The largest absolute Gasteiger partial charge is 0.361 e. The van der Waals surface area contributed by atoms with E-state index in [4.69, 9.17) is 0 Å². The number of aromatic amines is 1. The molecule has 0 aliphatic carbocycles. The highest BCUT2D eigenvalue weighted by atomic mass is 16.1. The third-order valence-corrected chi connectivity index (χ3v) is 4.48. The zero-order valence-electron chi connectivity index (χ0n) is 14.3. The summed E-state index contributed by atoms with van der Waals surface area (Å²) in [7, 11) is 1.72. The van der Waals surface area contributed by atoms with Crippen LogP contribution in [0.15, 0.2) is 59.5 Å². The maximum Gasteiger partial charge on any atom is 0.272 e. The fourth-order valence-electron chi connectivity index (χ4n) is 3.08. The van der Waals surface area contributed by atoms with Crippen molar-refractivity contribution in [2.75, 3.05) is 5.32 Å². The van der Waals surface area contributed by atoms with Gasteiger partial charge in [0.25, 0.3) is 5.56 Å². The van der Waals surface area contributed by atoms with Crippen molar-refractivity contribution in [3.05, 3.63) is 70.8 Å². The van der Waals surface area contributed by atoms with Crippen LogP contribution in [0, 0.1) is 0 Å². The molecule has 0 saturated heterocycles. The minimum atomic E-state index is -0.163. The number of benzene rings is 2. The molecule has 2 heterocycles. The van der Waals surface area contributed by atoms with Gasteiger partial charge in [0.1, 0.15) is 5.69 Å². The Morgan fingerprint density at radius 1 is 1.19 bits per heavy atom. The Balaban J connectivity index is 1.49. The molecule has 0 atom stereocenters. The fourth-order valence-corrected chi connectivity index (χ4v) is 3.08. The topological polar surface area (TPSA) is 79.8 Å². The standard InChI is InChI=1S/C20H18N4O2/c1-24-18-5-3-2-4-15(18)23-16(20(24)26)8-9-19(25)22-14-7-6-13-10-11-21-17(13)12-14/h2-7,10-12,21H,8-9H2,1H3,(H,22,25). The predicted molar refractivity (Wildman–Crippen MR) is 102 cm³/mol. The average Bonchev–Trinajstić information content (AvgIpc) is 3.11. The van der Waals surface area contributed by atoms with Crippen LogP contribution in [0.3, 0.4) is 0 Å². The molecule has 26 heavy (non-hydrogen) atoms. The summed E-state index contributed by atoms with van der Waals surface area (Å²) in [5.74, 6) is -0.145. The molecule has 4 rings (SSSR count). The Kier molecular flexibility index (Phi) is 4.01. The number of para-hydroxylation sites is 2. The van der Waals surface area contributed by atoms with E-state index in [0.29, 0.717) is 12.1 Å². The van der Waals surface area contributed by atoms with Gasteiger partial charge in [0.2, 0.25) is 5.91 Å². The number of nitrogens with zero attached hydrogens (tertiary/aromatic N) is 2. The lowest BCUT2D eigenvalue weighted by molar-refractivity contribution is -0.116. The summed E-state index contributed by atoms with van der Waals surface area (Å²) in [6, 6.07) is 15.2. The van der Waals surface area contributed by atoms with Crippen molar-refractivity contribution in [1.82, 2.24) is 14.5 Å². The molecule has 2 aromatic heterocycles. The normalized spacial score (nSPS) is 11.1. The molecule has 0 fully saturated rings. The first-order valence-corrected chi connectivity index (χ1v) is 8.43. The number of nitrogens with one attached hydrogen (secondary N) is 2. The van der Waals surface area contributed by atoms with Crippen LogP contribution in [0.4, 0.5) is 5.69 Å². The molecule has 130 valence electrons. The van der Waals surface area contributed by atoms with E-state index in [1.54, 1.807) is 11.6 Å². The number of H-pyrrole nitrogens is 1. The van der Waals surface area contributed by atoms with Gasteiger partial charge < -0.3 is 14.9 Å². The van der Waals surface area contributed by atoms with Crippen molar-refractivity contribution in [3.63, 3.8) is 0 Å². The molecule has 6 heteroatoms. The number of amides is 1. The molecule has 0 bridgehead atoms. The summed E-state index contributed by atoms with van der Waals surface area (Å²) in [5, 5.41) is 3.96. The highest BCUT2D eigenvalue weighted by Gasteiger charge is 2.11. The Labute approximate surface area is 149 Å². The average molecular weight is 346 g/mol. The van der Waals surface area contributed by atoms with Gasteiger partial charge in [-0.05, 0) is 35.7 Å². The molecule has 1 amide bonds. The van der Waals surface area contributed by atoms with Crippen LogP contribution < -0.4 is 10.9 Å². The Bertz CT molecular complexity index is 1170. The third-order valence-electron chi connectivity index (χ3n) is 4.48. The molecule has 0 radical (unpaired) electrons. The molecule has 0 spiro atoms. The number of carbonyl (C=O) groups excluding carboxylic acids is 1. The minimum Gasteiger partial charge on any atom is -0.361 e. The van der Waals surface area contributed by atoms with Gasteiger partial charge in [-0.25, -0.2) is 4.98 Å². The number of aromatic nitrogens is 3. The highest BCUT2D eigenvalue weighted by molar-refractivity contribution is 5.93. The molecule has 0 unspecified atom stereocenters. The Morgan fingerprint density at radius 2 is 2.04 bits per heavy atom. The smallest absolute Gasteiger partial charge is 0.272 e. The maximum absolute atomic E-state index is 12.4. The lowest BCUT2D eigenvalue weighted by Gasteiger charge is -2.08. The van der Waals surface area contributed by atoms with Crippen molar-refractivity contribution in [2.45, 2.75) is 12.8 Å². The monoisotopic (exact) mass is 346 g/mol. The molecule has 6 nitrogen and oxygen atoms in total. The zero-order chi connectivity index (χ0) is 18.1. The van der Waals surface area contributed by atoms with E-state index in [9.17, 15) is 9.59 Å². The lowest BCUT2D eigenvalue weighted by Crippen LogP contribution is -2.24. The van der Waals surface area contributed by atoms with Crippen molar-refractivity contribution in [3.8, 4) is 0 Å². The summed E-state index contributed by atoms with van der Waals surface area (Å²) < 4.78 is 1.58. The molecular formula is C20H18N4O2. The van der Waals surface area contributed by atoms with Crippen molar-refractivity contribution in [1.29, 1.82) is 0 Å². The van der Waals surface area contributed by atoms with Gasteiger partial charge >= 0.3 is 0 Å². The van der Waals surface area contributed by atoms with Gasteiger partial charge in [0, 0.05) is 37.3 Å². The lowest BCUT2D eigenvalue weighted by atomic mass is 10.2. The van der Waals surface area contributed by atoms with Crippen molar-refractivity contribution in [2.24, 2.45) is 7.05 Å². The molecular weight excluding hydrogens is 328 g/mol. The zero-order valence-corrected chi connectivity index (χ0v) is 14.3. The number of aryl methyl sites for hydroxylation is 2. The fraction of sp³-hybridized carbons (Fsp3) is 0.150. The molecule has 0 aliphatic rings. The Hall–Kier alpha value is -3.41. The second-order valence-electron chi connectivity index (χ2n) is 6.24. The van der Waals surface area contributed by atoms with Crippen LogP contribution in [-0.4, -0.2) is 20.4 Å². The molecule has 0 aliphatic heterocycles. The van der Waals surface area contributed by atoms with Crippen LogP contribution in [-0.2, 0) is 18.3 Å². The summed E-state index contributed by atoms with van der Waals surface area (Å²) in [6.07, 6.45) is 2.36. The molecule has 2 aromatic carbocycles. The number of carbonyl (C=O) groups is 1. The second kappa shape index (κ2) is 6.48. The summed E-state index contributed by atoms with van der Waals surface area (Å²) >= 11 is 0. The van der Waals surface area contributed by atoms with Crippen LogP contribution in [0.5, 0.6) is 0 Å². The van der Waals surface area contributed by atoms with Crippen LogP contribution >= 0.6 is 0 Å². The van der Waals surface area contributed by atoms with Gasteiger partial charge in [0.05, 0.1) is 11.0 Å². The first-order chi connectivity index (χ1) is 12.6. The van der Waals surface area contributed by atoms with E-state index < -0.39 is 0 Å². The van der Waals surface area contributed by atoms with E-state index in [0.717, 1.165) is 27.6 Å². The van der Waals surface area contributed by atoms with E-state index in [1.165, 1.54) is 0 Å². The van der Waals surface area contributed by atoms with Gasteiger partial charge in [-0.2, -0.15) is 0 Å². The molecule has 2 N–H and O–H groups in total. The minimum absolute atomic E-state index is 0.145. The maximum atomic E-state index is 12.4. The Morgan fingerprint density at radius 3 is 2.92 bits per heavy atom. The summed E-state index contributed by atoms with van der Waals surface area (Å²) in [6.45, 7) is 0. The highest BCUT2D eigenvalue weighted by Crippen LogP contribution is 2.18. The summed E-state index contributed by atoms with van der Waals surface area (Å²) in [5.41, 5.74) is 3.47. The van der Waals surface area contributed by atoms with E-state index >= 15 is 0 Å². The van der Waals surface area contributed by atoms with E-state index in [1.807, 2.05) is 54.7 Å².